The predicted octanol–water partition coefficient (Wildman–Crippen LogP) is 6.90. The van der Waals surface area contributed by atoms with Crippen LogP contribution in [0.25, 0.3) is 6.08 Å². The minimum absolute atomic E-state index is 0.0345. The molecule has 0 saturated heterocycles. The second-order valence-corrected chi connectivity index (χ2v) is 11.0. The van der Waals surface area contributed by atoms with E-state index in [0.717, 1.165) is 4.90 Å². The topological polar surface area (TPSA) is 100 Å². The molecule has 4 rings (SSSR count). The normalized spacial score (nSPS) is 11.8. The summed E-state index contributed by atoms with van der Waals surface area (Å²) in [5.41, 5.74) is 1.65. The Labute approximate surface area is 249 Å². The Morgan fingerprint density at radius 1 is 0.976 bits per heavy atom. The van der Waals surface area contributed by atoms with Gasteiger partial charge in [0.05, 0.1) is 10.9 Å². The Kier molecular flexibility index (Phi) is 10.4. The Bertz CT molecular complexity index is 1570. The zero-order chi connectivity index (χ0) is 29.2. The van der Waals surface area contributed by atoms with Crippen LogP contribution in [0, 0.1) is 5.82 Å². The number of hydrogen-bond acceptors (Lipinski definition) is 5. The van der Waals surface area contributed by atoms with Gasteiger partial charge in [-0.25, -0.2) is 4.39 Å². The summed E-state index contributed by atoms with van der Waals surface area (Å²) in [5.74, 6) is -1.83. The summed E-state index contributed by atoms with van der Waals surface area (Å²) < 4.78 is 14.8. The maximum absolute atomic E-state index is 14.2. The molecule has 3 amide bonds. The maximum Gasteiger partial charge on any atom is 0.272 e. The molecule has 0 fully saturated rings. The summed E-state index contributed by atoms with van der Waals surface area (Å²) in [6.07, 6.45) is 5.23. The largest absolute Gasteiger partial charge is 0.323 e. The Hall–Kier alpha value is -4.28. The minimum atomic E-state index is -0.535. The van der Waals surface area contributed by atoms with Crippen LogP contribution in [0.1, 0.15) is 29.3 Å². The number of rotatable bonds is 10. The highest BCUT2D eigenvalue weighted by Crippen LogP contribution is 2.29. The zero-order valence-corrected chi connectivity index (χ0v) is 24.3. The molecule has 0 aliphatic carbocycles. The van der Waals surface area contributed by atoms with Crippen LogP contribution in [0.5, 0.6) is 0 Å². The number of pyridine rings is 1. The summed E-state index contributed by atoms with van der Waals surface area (Å²) in [7, 11) is 0. The van der Waals surface area contributed by atoms with E-state index in [9.17, 15) is 18.8 Å². The first-order chi connectivity index (χ1) is 19.8. The summed E-state index contributed by atoms with van der Waals surface area (Å²) in [4.78, 5) is 43.8. The van der Waals surface area contributed by atoms with Crippen LogP contribution in [0.4, 0.5) is 15.8 Å². The number of thioether (sulfide) groups is 1. The predicted molar refractivity (Wildman–Crippen MR) is 164 cm³/mol. The number of carbonyl (C=O) groups is 3. The van der Waals surface area contributed by atoms with Gasteiger partial charge < -0.3 is 16.0 Å². The number of nitrogens with one attached hydrogen (secondary N) is 3. The quantitative estimate of drug-likeness (QED) is 0.130. The fourth-order valence-corrected chi connectivity index (χ4v) is 5.05. The van der Waals surface area contributed by atoms with E-state index in [1.54, 1.807) is 85.2 Å². The Balaban J connectivity index is 1.48. The lowest BCUT2D eigenvalue weighted by atomic mass is 10.2. The number of amides is 3. The second kappa shape index (κ2) is 14.4. The molecule has 0 bridgehead atoms. The molecule has 1 heterocycles. The molecule has 7 nitrogen and oxygen atoms in total. The van der Waals surface area contributed by atoms with E-state index in [-0.39, 0.29) is 17.3 Å². The van der Waals surface area contributed by atoms with Gasteiger partial charge in [-0.3, -0.25) is 19.4 Å². The molecule has 0 aliphatic rings. The maximum atomic E-state index is 14.2. The zero-order valence-electron chi connectivity index (χ0n) is 21.9. The van der Waals surface area contributed by atoms with Crippen molar-refractivity contribution in [3.05, 3.63) is 124 Å². The van der Waals surface area contributed by atoms with Gasteiger partial charge in [0.2, 0.25) is 5.91 Å². The van der Waals surface area contributed by atoms with Crippen LogP contribution in [0.15, 0.2) is 112 Å². The molecule has 10 heteroatoms. The summed E-state index contributed by atoms with van der Waals surface area (Å²) >= 11 is 4.50. The molecular weight excluding hydrogens is 607 g/mol. The van der Waals surface area contributed by atoms with Gasteiger partial charge in [0.15, 0.2) is 0 Å². The number of nitrogens with zero attached hydrogens (tertiary/aromatic N) is 1. The van der Waals surface area contributed by atoms with Crippen molar-refractivity contribution in [1.82, 2.24) is 10.3 Å². The molecule has 0 saturated carbocycles. The van der Waals surface area contributed by atoms with Crippen molar-refractivity contribution in [1.29, 1.82) is 0 Å². The van der Waals surface area contributed by atoms with Gasteiger partial charge in [-0.15, -0.1) is 11.8 Å². The molecule has 0 spiro atoms. The molecule has 0 aliphatic heterocycles. The second-order valence-electron chi connectivity index (χ2n) is 8.77. The monoisotopic (exact) mass is 632 g/mol. The van der Waals surface area contributed by atoms with E-state index >= 15 is 0 Å². The Morgan fingerprint density at radius 3 is 2.49 bits per heavy atom. The first-order valence-electron chi connectivity index (χ1n) is 12.6. The standard InChI is InChI=1S/C31H26BrFN4O3S/c1-2-28(31(40)36-26-14-13-22(32)17-25(26)33)41-24-12-6-11-23(18-24)35-30(39)27(16-20-8-7-15-34-19-20)37-29(38)21-9-4-3-5-10-21/h3-19,28H,2H2,1H3,(H,35,39)(H,36,40)(H,37,38)/b27-16-. The van der Waals surface area contributed by atoms with Crippen molar-refractivity contribution in [3.8, 4) is 0 Å². The van der Waals surface area contributed by atoms with E-state index in [0.29, 0.717) is 27.7 Å². The smallest absolute Gasteiger partial charge is 0.272 e. The average Bonchev–Trinajstić information content (AvgIpc) is 2.98. The van der Waals surface area contributed by atoms with Crippen LogP contribution in [-0.2, 0) is 9.59 Å². The van der Waals surface area contributed by atoms with E-state index in [1.165, 1.54) is 23.9 Å². The minimum Gasteiger partial charge on any atom is -0.323 e. The number of hydrogen-bond donors (Lipinski definition) is 3. The van der Waals surface area contributed by atoms with Gasteiger partial charge in [-0.1, -0.05) is 53.2 Å². The molecule has 1 aromatic heterocycles. The molecule has 41 heavy (non-hydrogen) atoms. The molecule has 3 aromatic carbocycles. The first-order valence-corrected chi connectivity index (χ1v) is 14.3. The van der Waals surface area contributed by atoms with Gasteiger partial charge >= 0.3 is 0 Å². The Morgan fingerprint density at radius 2 is 1.78 bits per heavy atom. The number of anilines is 2. The first kappa shape index (κ1) is 29.7. The van der Waals surface area contributed by atoms with Crippen molar-refractivity contribution in [2.45, 2.75) is 23.5 Å². The highest BCUT2D eigenvalue weighted by molar-refractivity contribution is 9.10. The van der Waals surface area contributed by atoms with Crippen LogP contribution in [0.2, 0.25) is 0 Å². The molecule has 1 unspecified atom stereocenters. The number of benzene rings is 3. The van der Waals surface area contributed by atoms with E-state index < -0.39 is 22.9 Å². The van der Waals surface area contributed by atoms with Gasteiger partial charge in [0.1, 0.15) is 11.5 Å². The lowest BCUT2D eigenvalue weighted by Crippen LogP contribution is -2.30. The van der Waals surface area contributed by atoms with Crippen LogP contribution in [-0.4, -0.2) is 28.0 Å². The lowest BCUT2D eigenvalue weighted by Gasteiger charge is -2.16. The molecule has 1 atom stereocenters. The third-order valence-electron chi connectivity index (χ3n) is 5.75. The van der Waals surface area contributed by atoms with Gasteiger partial charge in [0.25, 0.3) is 11.8 Å². The molecule has 4 aromatic rings. The van der Waals surface area contributed by atoms with Gasteiger partial charge in [-0.05, 0) is 72.7 Å². The molecule has 208 valence electrons. The third-order valence-corrected chi connectivity index (χ3v) is 7.60. The molecule has 0 radical (unpaired) electrons. The van der Waals surface area contributed by atoms with Crippen molar-refractivity contribution >= 4 is 62.9 Å². The fraction of sp³-hybridized carbons (Fsp3) is 0.0968. The van der Waals surface area contributed by atoms with Gasteiger partial charge in [-0.2, -0.15) is 0 Å². The van der Waals surface area contributed by atoms with Crippen molar-refractivity contribution in [2.75, 3.05) is 10.6 Å². The molecule has 3 N–H and O–H groups in total. The SMILES string of the molecule is CCC(Sc1cccc(NC(=O)/C(=C/c2cccnc2)NC(=O)c2ccccc2)c1)C(=O)Nc1ccc(Br)cc1F. The highest BCUT2D eigenvalue weighted by atomic mass is 79.9. The number of halogens is 2. The van der Waals surface area contributed by atoms with Crippen LogP contribution < -0.4 is 16.0 Å². The average molecular weight is 634 g/mol. The summed E-state index contributed by atoms with van der Waals surface area (Å²) in [6, 6.07) is 23.5. The third kappa shape index (κ3) is 8.60. The van der Waals surface area contributed by atoms with Crippen LogP contribution >= 0.6 is 27.7 Å². The van der Waals surface area contributed by atoms with Crippen molar-refractivity contribution in [2.24, 2.45) is 0 Å². The van der Waals surface area contributed by atoms with Crippen molar-refractivity contribution in [3.63, 3.8) is 0 Å². The number of aromatic nitrogens is 1. The molecular formula is C31H26BrFN4O3S. The van der Waals surface area contributed by atoms with Gasteiger partial charge in [0, 0.05) is 33.0 Å². The number of carbonyl (C=O) groups excluding carboxylic acids is 3. The summed E-state index contributed by atoms with van der Waals surface area (Å²) in [6.45, 7) is 1.87. The fourth-order valence-electron chi connectivity index (χ4n) is 3.71. The van der Waals surface area contributed by atoms with E-state index in [4.69, 9.17) is 0 Å². The summed E-state index contributed by atoms with van der Waals surface area (Å²) in [5, 5.41) is 7.66. The van der Waals surface area contributed by atoms with E-state index in [2.05, 4.69) is 36.9 Å². The lowest BCUT2D eigenvalue weighted by molar-refractivity contribution is -0.116. The highest BCUT2D eigenvalue weighted by Gasteiger charge is 2.20. The van der Waals surface area contributed by atoms with Crippen LogP contribution in [0.3, 0.4) is 0 Å². The van der Waals surface area contributed by atoms with E-state index in [1.807, 2.05) is 13.0 Å². The van der Waals surface area contributed by atoms with Crippen molar-refractivity contribution < 1.29 is 18.8 Å².